The van der Waals surface area contributed by atoms with Crippen LogP contribution in [-0.2, 0) is 11.2 Å². The fourth-order valence-corrected chi connectivity index (χ4v) is 6.27. The first kappa shape index (κ1) is 19.7. The molecule has 3 heterocycles. The molecule has 0 amide bonds. The van der Waals surface area contributed by atoms with Crippen LogP contribution in [0.4, 0.5) is 5.69 Å². The molecule has 148 valence electrons. The van der Waals surface area contributed by atoms with E-state index >= 15 is 0 Å². The zero-order valence-electron chi connectivity index (χ0n) is 15.9. The molecule has 9 heteroatoms. The molecular formula is C20H20N6OS2. The zero-order chi connectivity index (χ0) is 20.4. The minimum absolute atomic E-state index is 0.184. The Bertz CT molecular complexity index is 1110. The summed E-state index contributed by atoms with van der Waals surface area (Å²) < 4.78 is 13.7. The third-order valence-corrected chi connectivity index (χ3v) is 8.13. The monoisotopic (exact) mass is 424 g/mol. The van der Waals surface area contributed by atoms with E-state index in [0.29, 0.717) is 15.7 Å². The Balaban J connectivity index is 1.90. The number of hydrogen-bond acceptors (Lipinski definition) is 7. The van der Waals surface area contributed by atoms with E-state index in [4.69, 9.17) is 10.7 Å². The van der Waals surface area contributed by atoms with Gasteiger partial charge in [0.15, 0.2) is 5.82 Å². The molecule has 1 saturated carbocycles. The van der Waals surface area contributed by atoms with Crippen LogP contribution in [0.5, 0.6) is 0 Å². The van der Waals surface area contributed by atoms with Gasteiger partial charge in [0.05, 0.1) is 11.1 Å². The van der Waals surface area contributed by atoms with E-state index in [0.717, 1.165) is 46.3 Å². The predicted molar refractivity (Wildman–Crippen MR) is 121 cm³/mol. The van der Waals surface area contributed by atoms with Crippen molar-refractivity contribution < 1.29 is 4.55 Å². The lowest BCUT2D eigenvalue weighted by Crippen LogP contribution is -2.28. The van der Waals surface area contributed by atoms with Crippen molar-refractivity contribution in [3.63, 3.8) is 0 Å². The molecule has 2 N–H and O–H groups in total. The van der Waals surface area contributed by atoms with E-state index in [-0.39, 0.29) is 5.25 Å². The van der Waals surface area contributed by atoms with E-state index in [1.807, 2.05) is 13.0 Å². The Morgan fingerprint density at radius 2 is 2.14 bits per heavy atom. The smallest absolute Gasteiger partial charge is 0.232 e. The molecule has 0 radical (unpaired) electrons. The van der Waals surface area contributed by atoms with E-state index in [9.17, 15) is 4.55 Å². The van der Waals surface area contributed by atoms with Gasteiger partial charge in [-0.3, -0.25) is 4.99 Å². The topological polar surface area (TPSA) is 112 Å². The Morgan fingerprint density at radius 3 is 2.79 bits per heavy atom. The van der Waals surface area contributed by atoms with Gasteiger partial charge in [-0.05, 0) is 50.6 Å². The van der Waals surface area contributed by atoms with E-state index in [1.54, 1.807) is 24.7 Å². The maximum atomic E-state index is 13.0. The number of allylic oxidation sites excluding steroid dienone is 1. The van der Waals surface area contributed by atoms with E-state index in [2.05, 4.69) is 26.7 Å². The van der Waals surface area contributed by atoms with Crippen LogP contribution in [-0.4, -0.2) is 37.8 Å². The molecule has 1 aliphatic carbocycles. The molecule has 1 atom stereocenters. The molecule has 3 aromatic heterocycles. The molecule has 1 unspecified atom stereocenters. The minimum atomic E-state index is -1.12. The summed E-state index contributed by atoms with van der Waals surface area (Å²) in [5, 5.41) is 0.945. The molecule has 1 aliphatic rings. The van der Waals surface area contributed by atoms with Crippen molar-refractivity contribution in [2.24, 2.45) is 9.98 Å². The second-order valence-corrected chi connectivity index (χ2v) is 9.65. The summed E-state index contributed by atoms with van der Waals surface area (Å²) in [7, 11) is 0. The van der Waals surface area contributed by atoms with Gasteiger partial charge in [0.25, 0.3) is 0 Å². The summed E-state index contributed by atoms with van der Waals surface area (Å²) in [5.41, 5.74) is 9.35. The van der Waals surface area contributed by atoms with Crippen molar-refractivity contribution in [3.05, 3.63) is 36.4 Å². The van der Waals surface area contributed by atoms with Gasteiger partial charge in [-0.25, -0.2) is 19.9 Å². The molecule has 0 saturated heterocycles. The fraction of sp³-hybridized carbons (Fsp3) is 0.250. The molecule has 0 aromatic carbocycles. The van der Waals surface area contributed by atoms with Gasteiger partial charge in [0.2, 0.25) is 4.21 Å². The molecular weight excluding hydrogens is 404 g/mol. The number of aliphatic imine (C=N–C) groups is 2. The maximum Gasteiger partial charge on any atom is 0.232 e. The van der Waals surface area contributed by atoms with Crippen LogP contribution >= 0.6 is 11.3 Å². The van der Waals surface area contributed by atoms with Crippen molar-refractivity contribution in [1.82, 2.24) is 15.0 Å². The van der Waals surface area contributed by atoms with Crippen molar-refractivity contribution in [1.29, 1.82) is 0 Å². The highest BCUT2D eigenvalue weighted by atomic mass is 32.2. The largest absolute Gasteiger partial charge is 0.611 e. The normalized spacial score (nSPS) is 16.3. The van der Waals surface area contributed by atoms with Crippen LogP contribution in [0.25, 0.3) is 27.2 Å². The second kappa shape index (κ2) is 8.40. The number of anilines is 1. The number of aromatic nitrogens is 3. The van der Waals surface area contributed by atoms with Crippen molar-refractivity contribution >= 4 is 57.0 Å². The molecule has 7 nitrogen and oxygen atoms in total. The number of pyridine rings is 1. The number of nitrogen functional groups attached to an aromatic ring is 1. The predicted octanol–water partition coefficient (Wildman–Crippen LogP) is 4.09. The molecule has 0 spiro atoms. The number of fused-ring (bicyclic) bond motifs is 1. The molecule has 0 bridgehead atoms. The number of nitrogens with zero attached hydrogens (tertiary/aromatic N) is 5. The standard InChI is InChI=1S/C20H20N6OS2/c1-12(10-23-11-22-2)15-9-14(18-24-7-4-8-25-18)16-17(21)20(28-19(16)26-15)29(27)13-5-3-6-13/h4,7-11,13H,2-3,5-6,21H2,1H3/b12-10+,23-11-. The summed E-state index contributed by atoms with van der Waals surface area (Å²) in [6, 6.07) is 3.67. The second-order valence-electron chi connectivity index (χ2n) is 6.72. The quantitative estimate of drug-likeness (QED) is 0.364. The van der Waals surface area contributed by atoms with Crippen molar-refractivity contribution in [2.45, 2.75) is 35.6 Å². The van der Waals surface area contributed by atoms with Gasteiger partial charge in [-0.2, -0.15) is 0 Å². The Kier molecular flexibility index (Phi) is 5.70. The third-order valence-electron chi connectivity index (χ3n) is 4.83. The lowest BCUT2D eigenvalue weighted by molar-refractivity contribution is 0.478. The van der Waals surface area contributed by atoms with Gasteiger partial charge >= 0.3 is 0 Å². The van der Waals surface area contributed by atoms with Gasteiger partial charge in [0, 0.05) is 35.3 Å². The van der Waals surface area contributed by atoms with Gasteiger partial charge in [0.1, 0.15) is 22.1 Å². The van der Waals surface area contributed by atoms with Gasteiger partial charge in [-0.15, -0.1) is 0 Å². The minimum Gasteiger partial charge on any atom is -0.611 e. The summed E-state index contributed by atoms with van der Waals surface area (Å²) >= 11 is 0.274. The van der Waals surface area contributed by atoms with Gasteiger partial charge in [-0.1, -0.05) is 11.3 Å². The van der Waals surface area contributed by atoms with Crippen LogP contribution in [0.2, 0.25) is 0 Å². The zero-order valence-corrected chi connectivity index (χ0v) is 17.5. The summed E-state index contributed by atoms with van der Waals surface area (Å²) in [6.45, 7) is 5.29. The number of thiophene rings is 1. The Morgan fingerprint density at radius 1 is 1.38 bits per heavy atom. The van der Waals surface area contributed by atoms with Crippen LogP contribution in [0.3, 0.4) is 0 Å². The first-order chi connectivity index (χ1) is 14.1. The highest BCUT2D eigenvalue weighted by molar-refractivity contribution is 7.94. The van der Waals surface area contributed by atoms with Crippen molar-refractivity contribution in [2.75, 3.05) is 5.73 Å². The molecule has 3 aromatic rings. The maximum absolute atomic E-state index is 13.0. The van der Waals surface area contributed by atoms with Crippen LogP contribution in [0, 0.1) is 0 Å². The lowest BCUT2D eigenvalue weighted by atomic mass is 10.0. The molecule has 0 aliphatic heterocycles. The Labute approximate surface area is 175 Å². The van der Waals surface area contributed by atoms with Crippen LogP contribution in [0.15, 0.2) is 44.9 Å². The molecule has 29 heavy (non-hydrogen) atoms. The summed E-state index contributed by atoms with van der Waals surface area (Å²) in [6.07, 6.45) is 9.49. The van der Waals surface area contributed by atoms with E-state index in [1.165, 1.54) is 17.7 Å². The number of nitrogens with two attached hydrogens (primary N) is 1. The summed E-state index contributed by atoms with van der Waals surface area (Å²) in [4.78, 5) is 22.0. The van der Waals surface area contributed by atoms with Crippen molar-refractivity contribution in [3.8, 4) is 11.4 Å². The lowest BCUT2D eigenvalue weighted by Gasteiger charge is -2.26. The first-order valence-electron chi connectivity index (χ1n) is 9.15. The first-order valence-corrected chi connectivity index (χ1v) is 11.2. The highest BCUT2D eigenvalue weighted by Crippen LogP contribution is 2.44. The van der Waals surface area contributed by atoms with Gasteiger partial charge < -0.3 is 10.3 Å². The fourth-order valence-electron chi connectivity index (χ4n) is 3.06. The third kappa shape index (κ3) is 3.81. The van der Waals surface area contributed by atoms with E-state index < -0.39 is 11.2 Å². The highest BCUT2D eigenvalue weighted by Gasteiger charge is 2.35. The number of rotatable bonds is 6. The SMILES string of the molecule is C=N/C=N\C=C(/C)c1cc(-c2ncccn2)c2c(N)c([S+]([O-])C3CCC3)sc2n1. The summed E-state index contributed by atoms with van der Waals surface area (Å²) in [5.74, 6) is 0.552. The molecule has 4 rings (SSSR count). The van der Waals surface area contributed by atoms with Crippen LogP contribution < -0.4 is 5.73 Å². The van der Waals surface area contributed by atoms with Crippen LogP contribution in [0.1, 0.15) is 31.9 Å². The average molecular weight is 425 g/mol. The molecule has 1 fully saturated rings. The average Bonchev–Trinajstić information content (AvgIpc) is 3.03. The number of hydrogen-bond donors (Lipinski definition) is 1. The Hall–Kier alpha value is -2.62.